The normalized spacial score (nSPS) is 9.06. The van der Waals surface area contributed by atoms with E-state index in [1.807, 2.05) is 0 Å². The van der Waals surface area contributed by atoms with Crippen LogP contribution in [0.1, 0.15) is 24.2 Å². The standard InChI is InChI=1S/C13H13NO3/c1-3-17-13(16)10(2)9-14-12(15)11-7-5-4-6-8-11/h4-8H,3H2,1-2H3. The molecule has 0 radical (unpaired) electrons. The third-order valence-electron chi connectivity index (χ3n) is 1.93. The highest BCUT2D eigenvalue weighted by atomic mass is 16.5. The van der Waals surface area contributed by atoms with E-state index in [2.05, 4.69) is 10.9 Å². The van der Waals surface area contributed by atoms with Crippen LogP contribution in [0.25, 0.3) is 0 Å². The average molecular weight is 231 g/mol. The van der Waals surface area contributed by atoms with Gasteiger partial charge >= 0.3 is 5.97 Å². The number of benzene rings is 1. The fraction of sp³-hybridized carbons (Fsp3) is 0.231. The van der Waals surface area contributed by atoms with E-state index >= 15 is 0 Å². The number of hydrogen-bond acceptors (Lipinski definition) is 3. The fourth-order valence-corrected chi connectivity index (χ4v) is 1.06. The molecule has 0 bridgehead atoms. The summed E-state index contributed by atoms with van der Waals surface area (Å²) in [4.78, 5) is 26.3. The Kier molecular flexibility index (Phi) is 4.85. The van der Waals surface area contributed by atoms with Crippen LogP contribution in [0.5, 0.6) is 0 Å². The van der Waals surface area contributed by atoms with Crippen molar-refractivity contribution < 1.29 is 14.3 Å². The molecule has 0 unspecified atom stereocenters. The lowest BCUT2D eigenvalue weighted by Crippen LogP contribution is -2.05. The molecule has 0 saturated carbocycles. The van der Waals surface area contributed by atoms with Crippen LogP contribution < -0.4 is 0 Å². The van der Waals surface area contributed by atoms with Crippen molar-refractivity contribution in [3.8, 4) is 0 Å². The van der Waals surface area contributed by atoms with Gasteiger partial charge in [-0.15, -0.1) is 0 Å². The van der Waals surface area contributed by atoms with Crippen molar-refractivity contribution >= 4 is 17.7 Å². The topological polar surface area (TPSA) is 55.7 Å². The number of amides is 1. The number of hydrogen-bond donors (Lipinski definition) is 0. The molecule has 1 aromatic carbocycles. The summed E-state index contributed by atoms with van der Waals surface area (Å²) < 4.78 is 4.73. The van der Waals surface area contributed by atoms with Crippen LogP contribution in [0.3, 0.4) is 0 Å². The monoisotopic (exact) mass is 231 g/mol. The quantitative estimate of drug-likeness (QED) is 0.454. The van der Waals surface area contributed by atoms with E-state index in [-0.39, 0.29) is 12.2 Å². The summed E-state index contributed by atoms with van der Waals surface area (Å²) in [6.45, 7) is 3.49. The zero-order valence-corrected chi connectivity index (χ0v) is 9.77. The van der Waals surface area contributed by atoms with Crippen LogP contribution in [-0.4, -0.2) is 24.4 Å². The van der Waals surface area contributed by atoms with Crippen molar-refractivity contribution in [3.63, 3.8) is 0 Å². The van der Waals surface area contributed by atoms with Crippen molar-refractivity contribution in [1.82, 2.24) is 0 Å². The number of nitrogens with zero attached hydrogens (tertiary/aromatic N) is 1. The molecule has 17 heavy (non-hydrogen) atoms. The predicted octanol–water partition coefficient (Wildman–Crippen LogP) is 2.01. The van der Waals surface area contributed by atoms with Crippen molar-refractivity contribution in [2.45, 2.75) is 13.8 Å². The molecule has 0 aliphatic rings. The molecule has 0 N–H and O–H groups in total. The smallest absolute Gasteiger partial charge is 0.343 e. The molecular formula is C13H13NO3. The van der Waals surface area contributed by atoms with Gasteiger partial charge in [0.05, 0.1) is 12.2 Å². The molecule has 1 amide bonds. The lowest BCUT2D eigenvalue weighted by atomic mass is 10.2. The van der Waals surface area contributed by atoms with Crippen molar-refractivity contribution in [2.75, 3.05) is 6.61 Å². The average Bonchev–Trinajstić information content (AvgIpc) is 2.36. The van der Waals surface area contributed by atoms with Gasteiger partial charge in [0, 0.05) is 11.4 Å². The van der Waals surface area contributed by atoms with Crippen LogP contribution in [0, 0.1) is 0 Å². The maximum absolute atomic E-state index is 11.5. The first-order chi connectivity index (χ1) is 8.15. The molecule has 1 aromatic rings. The lowest BCUT2D eigenvalue weighted by Gasteiger charge is -1.97. The molecule has 0 spiro atoms. The number of carbonyl (C=O) groups is 2. The van der Waals surface area contributed by atoms with E-state index < -0.39 is 11.9 Å². The molecule has 0 aliphatic carbocycles. The third kappa shape index (κ3) is 4.05. The highest BCUT2D eigenvalue weighted by molar-refractivity contribution is 6.03. The van der Waals surface area contributed by atoms with E-state index in [4.69, 9.17) is 4.74 Å². The molecule has 0 aromatic heterocycles. The van der Waals surface area contributed by atoms with Crippen LogP contribution in [-0.2, 0) is 9.53 Å². The summed E-state index contributed by atoms with van der Waals surface area (Å²) in [5, 5.41) is 0. The molecule has 0 aliphatic heterocycles. The molecule has 0 saturated heterocycles. The minimum absolute atomic E-state index is 0.177. The maximum Gasteiger partial charge on any atom is 0.343 e. The van der Waals surface area contributed by atoms with Gasteiger partial charge in [0.15, 0.2) is 0 Å². The zero-order valence-electron chi connectivity index (χ0n) is 9.77. The maximum atomic E-state index is 11.5. The Labute approximate surface area is 99.6 Å². The fourth-order valence-electron chi connectivity index (χ4n) is 1.06. The van der Waals surface area contributed by atoms with Crippen LogP contribution in [0.4, 0.5) is 0 Å². The Hall–Kier alpha value is -2.19. The number of ether oxygens (including phenoxy) is 1. The van der Waals surface area contributed by atoms with E-state index in [1.54, 1.807) is 37.3 Å². The first-order valence-electron chi connectivity index (χ1n) is 5.22. The number of esters is 1. The first-order valence-corrected chi connectivity index (χ1v) is 5.22. The summed E-state index contributed by atoms with van der Waals surface area (Å²) in [6, 6.07) is 8.58. The van der Waals surface area contributed by atoms with E-state index in [1.165, 1.54) is 6.92 Å². The molecule has 4 heteroatoms. The van der Waals surface area contributed by atoms with Gasteiger partial charge in [-0.05, 0) is 26.0 Å². The predicted molar refractivity (Wildman–Crippen MR) is 64.0 cm³/mol. The highest BCUT2D eigenvalue weighted by Crippen LogP contribution is 2.00. The minimum atomic E-state index is -0.517. The van der Waals surface area contributed by atoms with Gasteiger partial charge in [0.25, 0.3) is 5.91 Å². The molecule has 0 atom stereocenters. The zero-order chi connectivity index (χ0) is 12.7. The van der Waals surface area contributed by atoms with E-state index in [0.717, 1.165) is 0 Å². The van der Waals surface area contributed by atoms with Crippen molar-refractivity contribution in [3.05, 3.63) is 41.5 Å². The SMILES string of the molecule is CCOC(=O)C(C)=C=NC(=O)c1ccccc1. The Bertz CT molecular complexity index is 471. The summed E-state index contributed by atoms with van der Waals surface area (Å²) in [7, 11) is 0. The molecular weight excluding hydrogens is 218 g/mol. The molecule has 0 fully saturated rings. The summed E-state index contributed by atoms with van der Waals surface area (Å²) >= 11 is 0. The Morgan fingerprint density at radius 2 is 1.94 bits per heavy atom. The summed E-state index contributed by atoms with van der Waals surface area (Å²) in [5.74, 6) is 1.43. The molecule has 4 nitrogen and oxygen atoms in total. The van der Waals surface area contributed by atoms with Gasteiger partial charge in [-0.25, -0.2) is 4.79 Å². The van der Waals surface area contributed by atoms with E-state index in [9.17, 15) is 9.59 Å². The Morgan fingerprint density at radius 1 is 1.29 bits per heavy atom. The summed E-state index contributed by atoms with van der Waals surface area (Å²) in [5.41, 5.74) is 0.632. The third-order valence-corrected chi connectivity index (χ3v) is 1.93. The van der Waals surface area contributed by atoms with Gasteiger partial charge in [0.2, 0.25) is 0 Å². The second-order valence-electron chi connectivity index (χ2n) is 3.24. The van der Waals surface area contributed by atoms with Crippen LogP contribution in [0.15, 0.2) is 40.9 Å². The van der Waals surface area contributed by atoms with Gasteiger partial charge < -0.3 is 4.74 Å². The van der Waals surface area contributed by atoms with E-state index in [0.29, 0.717) is 5.56 Å². The second-order valence-corrected chi connectivity index (χ2v) is 3.24. The van der Waals surface area contributed by atoms with Crippen molar-refractivity contribution in [1.29, 1.82) is 0 Å². The molecule has 0 heterocycles. The van der Waals surface area contributed by atoms with Gasteiger partial charge in [-0.3, -0.25) is 4.79 Å². The number of aliphatic imine (C=N–C) groups is 1. The molecule has 88 valence electrons. The number of carbonyl (C=O) groups excluding carboxylic acids is 2. The van der Waals surface area contributed by atoms with Crippen LogP contribution in [0.2, 0.25) is 0 Å². The number of rotatable bonds is 3. The summed E-state index contributed by atoms with van der Waals surface area (Å²) in [6.07, 6.45) is 0. The second kappa shape index (κ2) is 6.40. The largest absolute Gasteiger partial charge is 0.462 e. The van der Waals surface area contributed by atoms with Crippen molar-refractivity contribution in [2.24, 2.45) is 4.99 Å². The minimum Gasteiger partial charge on any atom is -0.462 e. The first kappa shape index (κ1) is 12.9. The van der Waals surface area contributed by atoms with Crippen LogP contribution >= 0.6 is 0 Å². The Morgan fingerprint density at radius 3 is 2.53 bits per heavy atom. The Balaban J connectivity index is 2.81. The van der Waals surface area contributed by atoms with Gasteiger partial charge in [0.1, 0.15) is 0 Å². The molecule has 1 rings (SSSR count). The lowest BCUT2D eigenvalue weighted by molar-refractivity contribution is -0.138. The highest BCUT2D eigenvalue weighted by Gasteiger charge is 2.05. The van der Waals surface area contributed by atoms with Gasteiger partial charge in [-0.1, -0.05) is 18.2 Å². The van der Waals surface area contributed by atoms with Gasteiger partial charge in [-0.2, -0.15) is 4.99 Å².